The molecule has 0 N–H and O–H groups in total. The molecule has 3 aromatic heterocycles. The van der Waals surface area contributed by atoms with E-state index in [2.05, 4.69) is 28.9 Å². The molecule has 0 radical (unpaired) electrons. The van der Waals surface area contributed by atoms with Crippen molar-refractivity contribution >= 4 is 21.6 Å². The third-order valence-electron chi connectivity index (χ3n) is 3.93. The first kappa shape index (κ1) is 14.8. The molecule has 4 rings (SSSR count). The van der Waals surface area contributed by atoms with Gasteiger partial charge in [-0.15, -0.1) is 11.3 Å². The lowest BCUT2D eigenvalue weighted by atomic mass is 10.2. The summed E-state index contributed by atoms with van der Waals surface area (Å²) in [4.78, 5) is 11.2. The van der Waals surface area contributed by atoms with Crippen LogP contribution >= 0.6 is 11.3 Å². The Labute approximate surface area is 143 Å². The Morgan fingerprint density at radius 2 is 1.83 bits per heavy atom. The van der Waals surface area contributed by atoms with Crippen molar-refractivity contribution in [3.05, 3.63) is 59.0 Å². The fourth-order valence-corrected chi connectivity index (χ4v) is 3.65. The topological polar surface area (TPSA) is 52.8 Å². The Bertz CT molecular complexity index is 1000. The maximum atomic E-state index is 6.06. The molecule has 0 aliphatic heterocycles. The van der Waals surface area contributed by atoms with Gasteiger partial charge in [-0.3, -0.25) is 0 Å². The number of fused-ring (bicyclic) bond motifs is 1. The number of rotatable bonds is 3. The van der Waals surface area contributed by atoms with Gasteiger partial charge in [0.25, 0.3) is 0 Å². The minimum Gasteiger partial charge on any atom is -0.438 e. The summed E-state index contributed by atoms with van der Waals surface area (Å²) in [7, 11) is 0. The summed E-state index contributed by atoms with van der Waals surface area (Å²) in [6, 6.07) is 9.69. The minimum atomic E-state index is 0.617. The molecule has 120 valence electrons. The summed E-state index contributed by atoms with van der Waals surface area (Å²) >= 11 is 1.68. The van der Waals surface area contributed by atoms with Gasteiger partial charge < -0.3 is 4.74 Å². The maximum absolute atomic E-state index is 6.06. The Morgan fingerprint density at radius 1 is 1.04 bits per heavy atom. The zero-order valence-corrected chi connectivity index (χ0v) is 14.5. The van der Waals surface area contributed by atoms with Gasteiger partial charge in [0.15, 0.2) is 0 Å². The molecule has 0 spiro atoms. The Kier molecular flexibility index (Phi) is 3.54. The fraction of sp³-hybridized carbons (Fsp3) is 0.167. The molecule has 0 aliphatic rings. The molecule has 0 atom stereocenters. The Balaban J connectivity index is 1.71. The molecule has 0 aliphatic carbocycles. The van der Waals surface area contributed by atoms with Gasteiger partial charge in [-0.2, -0.15) is 10.1 Å². The number of ether oxygens (including phenoxy) is 1. The molecule has 0 amide bonds. The van der Waals surface area contributed by atoms with E-state index in [0.717, 1.165) is 21.7 Å². The zero-order valence-electron chi connectivity index (χ0n) is 13.6. The van der Waals surface area contributed by atoms with Crippen molar-refractivity contribution in [1.82, 2.24) is 19.7 Å². The van der Waals surface area contributed by atoms with Crippen LogP contribution in [0.5, 0.6) is 11.6 Å². The number of thiophene rings is 1. The molecule has 0 fully saturated rings. The van der Waals surface area contributed by atoms with Crippen molar-refractivity contribution in [3.63, 3.8) is 0 Å². The van der Waals surface area contributed by atoms with Crippen LogP contribution in [0, 0.1) is 20.8 Å². The SMILES string of the molecule is Cc1nc(Oc2ccc(-n3cccn3)cc2)c2c(C)c(C)sc2n1. The minimum absolute atomic E-state index is 0.617. The van der Waals surface area contributed by atoms with Crippen LogP contribution in [0.3, 0.4) is 0 Å². The standard InChI is InChI=1S/C18H16N4OS/c1-11-12(2)24-18-16(11)17(20-13(3)21-18)23-15-7-5-14(6-8-15)22-10-4-9-19-22/h4-10H,1-3H3. The van der Waals surface area contributed by atoms with E-state index in [0.29, 0.717) is 11.7 Å². The highest BCUT2D eigenvalue weighted by atomic mass is 32.1. The predicted octanol–water partition coefficient (Wildman–Crippen LogP) is 4.59. The molecule has 3 heterocycles. The first-order valence-corrected chi connectivity index (χ1v) is 8.46. The molecule has 24 heavy (non-hydrogen) atoms. The molecular formula is C18H16N4OS. The van der Waals surface area contributed by atoms with Crippen molar-refractivity contribution < 1.29 is 4.74 Å². The lowest BCUT2D eigenvalue weighted by Gasteiger charge is -2.08. The van der Waals surface area contributed by atoms with E-state index in [1.165, 1.54) is 10.4 Å². The van der Waals surface area contributed by atoms with Crippen molar-refractivity contribution in [3.8, 4) is 17.3 Å². The third kappa shape index (κ3) is 2.55. The highest BCUT2D eigenvalue weighted by molar-refractivity contribution is 7.18. The number of nitrogens with zero attached hydrogens (tertiary/aromatic N) is 4. The third-order valence-corrected chi connectivity index (χ3v) is 5.03. The molecule has 0 unspecified atom stereocenters. The molecule has 0 bridgehead atoms. The second-order valence-corrected chi connectivity index (χ2v) is 6.79. The average Bonchev–Trinajstić information content (AvgIpc) is 3.17. The van der Waals surface area contributed by atoms with Gasteiger partial charge in [-0.1, -0.05) is 0 Å². The molecule has 1 aromatic carbocycles. The molecule has 4 aromatic rings. The van der Waals surface area contributed by atoms with Crippen LogP contribution in [-0.4, -0.2) is 19.7 Å². The lowest BCUT2D eigenvalue weighted by molar-refractivity contribution is 0.466. The van der Waals surface area contributed by atoms with Crippen molar-refractivity contribution in [1.29, 1.82) is 0 Å². The largest absolute Gasteiger partial charge is 0.438 e. The quantitative estimate of drug-likeness (QED) is 0.549. The fourth-order valence-electron chi connectivity index (χ4n) is 2.59. The van der Waals surface area contributed by atoms with Crippen molar-refractivity contribution in [2.75, 3.05) is 0 Å². The Morgan fingerprint density at radius 3 is 2.54 bits per heavy atom. The van der Waals surface area contributed by atoms with E-state index < -0.39 is 0 Å². The summed E-state index contributed by atoms with van der Waals surface area (Å²) in [6.45, 7) is 6.07. The van der Waals surface area contributed by atoms with Crippen LogP contribution in [0.4, 0.5) is 0 Å². The van der Waals surface area contributed by atoms with E-state index in [-0.39, 0.29) is 0 Å². The summed E-state index contributed by atoms with van der Waals surface area (Å²) in [5, 5.41) is 5.22. The summed E-state index contributed by atoms with van der Waals surface area (Å²) in [5.74, 6) is 2.08. The number of aryl methyl sites for hydroxylation is 3. The summed E-state index contributed by atoms with van der Waals surface area (Å²) in [5.41, 5.74) is 2.16. The maximum Gasteiger partial charge on any atom is 0.231 e. The van der Waals surface area contributed by atoms with Gasteiger partial charge in [0.1, 0.15) is 16.4 Å². The van der Waals surface area contributed by atoms with Gasteiger partial charge in [0.2, 0.25) is 5.88 Å². The normalized spacial score (nSPS) is 11.1. The first-order valence-electron chi connectivity index (χ1n) is 7.64. The monoisotopic (exact) mass is 336 g/mol. The van der Waals surface area contributed by atoms with E-state index in [1.54, 1.807) is 17.5 Å². The van der Waals surface area contributed by atoms with Crippen LogP contribution in [0.1, 0.15) is 16.3 Å². The van der Waals surface area contributed by atoms with Crippen LogP contribution in [0.2, 0.25) is 0 Å². The molecule has 5 nitrogen and oxygen atoms in total. The van der Waals surface area contributed by atoms with Crippen molar-refractivity contribution in [2.24, 2.45) is 0 Å². The van der Waals surface area contributed by atoms with Gasteiger partial charge >= 0.3 is 0 Å². The first-order chi connectivity index (χ1) is 11.6. The average molecular weight is 336 g/mol. The van der Waals surface area contributed by atoms with Gasteiger partial charge in [-0.25, -0.2) is 9.67 Å². The van der Waals surface area contributed by atoms with Gasteiger partial charge in [0, 0.05) is 17.3 Å². The van der Waals surface area contributed by atoms with E-state index in [1.807, 2.05) is 48.1 Å². The zero-order chi connectivity index (χ0) is 16.7. The number of hydrogen-bond donors (Lipinski definition) is 0. The molecule has 0 saturated carbocycles. The predicted molar refractivity (Wildman–Crippen MR) is 95.3 cm³/mol. The molecular weight excluding hydrogens is 320 g/mol. The van der Waals surface area contributed by atoms with Crippen LogP contribution in [0.15, 0.2) is 42.7 Å². The smallest absolute Gasteiger partial charge is 0.231 e. The molecule has 6 heteroatoms. The van der Waals surface area contributed by atoms with Crippen LogP contribution in [-0.2, 0) is 0 Å². The highest BCUT2D eigenvalue weighted by Gasteiger charge is 2.15. The number of benzene rings is 1. The summed E-state index contributed by atoms with van der Waals surface area (Å²) in [6.07, 6.45) is 3.66. The number of hydrogen-bond acceptors (Lipinski definition) is 5. The lowest BCUT2D eigenvalue weighted by Crippen LogP contribution is -1.96. The summed E-state index contributed by atoms with van der Waals surface area (Å²) < 4.78 is 7.87. The van der Waals surface area contributed by atoms with Crippen LogP contribution < -0.4 is 4.74 Å². The van der Waals surface area contributed by atoms with E-state index in [4.69, 9.17) is 4.74 Å². The Hall–Kier alpha value is -2.73. The second-order valence-electron chi connectivity index (χ2n) is 5.59. The molecule has 0 saturated heterocycles. The van der Waals surface area contributed by atoms with E-state index in [9.17, 15) is 0 Å². The van der Waals surface area contributed by atoms with E-state index >= 15 is 0 Å². The highest BCUT2D eigenvalue weighted by Crippen LogP contribution is 2.36. The van der Waals surface area contributed by atoms with Crippen molar-refractivity contribution in [2.45, 2.75) is 20.8 Å². The van der Waals surface area contributed by atoms with Gasteiger partial charge in [0.05, 0.1) is 11.1 Å². The number of aromatic nitrogens is 4. The second kappa shape index (κ2) is 5.72. The van der Waals surface area contributed by atoms with Crippen LogP contribution in [0.25, 0.3) is 15.9 Å². The van der Waals surface area contributed by atoms with Gasteiger partial charge in [-0.05, 0) is 56.7 Å².